The van der Waals surface area contributed by atoms with Gasteiger partial charge in [0, 0.05) is 56.5 Å². The molecule has 1 N–H and O–H groups in total. The average molecular weight is 403 g/mol. The summed E-state index contributed by atoms with van der Waals surface area (Å²) >= 11 is 0. The Labute approximate surface area is 176 Å². The van der Waals surface area contributed by atoms with E-state index in [1.54, 1.807) is 0 Å². The molecule has 0 unspecified atom stereocenters. The van der Waals surface area contributed by atoms with Crippen molar-refractivity contribution in [2.45, 2.75) is 19.8 Å². The van der Waals surface area contributed by atoms with Crippen LogP contribution in [0.15, 0.2) is 49.1 Å². The van der Waals surface area contributed by atoms with Crippen molar-refractivity contribution in [3.63, 3.8) is 0 Å². The van der Waals surface area contributed by atoms with Crippen molar-refractivity contribution in [3.05, 3.63) is 54.6 Å². The summed E-state index contributed by atoms with van der Waals surface area (Å²) in [4.78, 5) is 18.2. The molecule has 2 aliphatic heterocycles. The van der Waals surface area contributed by atoms with Gasteiger partial charge in [-0.3, -0.25) is 4.98 Å². The maximum atomic E-state index is 5.52. The molecule has 0 saturated carbocycles. The molecule has 0 radical (unpaired) electrons. The third-order valence-corrected chi connectivity index (χ3v) is 5.86. The first kappa shape index (κ1) is 18.8. The molecule has 30 heavy (non-hydrogen) atoms. The minimum Gasteiger partial charge on any atom is -0.381 e. The van der Waals surface area contributed by atoms with Gasteiger partial charge in [0.15, 0.2) is 5.82 Å². The first-order chi connectivity index (χ1) is 14.7. The van der Waals surface area contributed by atoms with Crippen LogP contribution in [0.2, 0.25) is 0 Å². The Morgan fingerprint density at radius 3 is 2.90 bits per heavy atom. The van der Waals surface area contributed by atoms with Crippen LogP contribution in [0.5, 0.6) is 0 Å². The molecular formula is C23H26N6O. The van der Waals surface area contributed by atoms with Crippen molar-refractivity contribution in [3.8, 4) is 0 Å². The van der Waals surface area contributed by atoms with Crippen LogP contribution in [0.4, 0.5) is 23.1 Å². The van der Waals surface area contributed by atoms with Crippen LogP contribution in [0.25, 0.3) is 10.9 Å². The Hall–Kier alpha value is -3.19. The first-order valence-electron chi connectivity index (χ1n) is 10.4. The summed E-state index contributed by atoms with van der Waals surface area (Å²) in [6.07, 6.45) is 10.1. The highest BCUT2D eigenvalue weighted by atomic mass is 16.5. The van der Waals surface area contributed by atoms with E-state index in [0.717, 1.165) is 66.3 Å². The molecule has 2 aliphatic rings. The number of ether oxygens (including phenoxy) is 1. The predicted octanol–water partition coefficient (Wildman–Crippen LogP) is 4.23. The zero-order valence-corrected chi connectivity index (χ0v) is 17.4. The maximum absolute atomic E-state index is 5.52. The van der Waals surface area contributed by atoms with Gasteiger partial charge < -0.3 is 19.9 Å². The van der Waals surface area contributed by atoms with E-state index in [9.17, 15) is 0 Å². The summed E-state index contributed by atoms with van der Waals surface area (Å²) in [5.41, 5.74) is 4.10. The molecule has 5 rings (SSSR count). The van der Waals surface area contributed by atoms with Gasteiger partial charge in [-0.1, -0.05) is 6.07 Å². The molecule has 154 valence electrons. The van der Waals surface area contributed by atoms with E-state index < -0.39 is 0 Å². The zero-order chi connectivity index (χ0) is 20.5. The molecule has 0 amide bonds. The third kappa shape index (κ3) is 3.68. The van der Waals surface area contributed by atoms with Crippen LogP contribution < -0.4 is 15.1 Å². The second-order valence-corrected chi connectivity index (χ2v) is 8.01. The summed E-state index contributed by atoms with van der Waals surface area (Å²) in [6.45, 7) is 4.71. The number of fused-ring (bicyclic) bond motifs is 2. The molecule has 1 saturated heterocycles. The van der Waals surface area contributed by atoms with E-state index in [4.69, 9.17) is 9.72 Å². The van der Waals surface area contributed by atoms with Gasteiger partial charge in [-0.05, 0) is 49.4 Å². The molecule has 7 nitrogen and oxygen atoms in total. The molecule has 0 bridgehead atoms. The summed E-state index contributed by atoms with van der Waals surface area (Å²) in [6, 6.07) is 8.21. The van der Waals surface area contributed by atoms with Gasteiger partial charge >= 0.3 is 0 Å². The van der Waals surface area contributed by atoms with E-state index in [1.807, 2.05) is 25.5 Å². The number of hydrogen-bond acceptors (Lipinski definition) is 7. The van der Waals surface area contributed by atoms with Crippen molar-refractivity contribution >= 4 is 34.0 Å². The molecular weight excluding hydrogens is 376 g/mol. The zero-order valence-electron chi connectivity index (χ0n) is 17.4. The number of aryl methyl sites for hydroxylation is 1. The molecule has 3 aromatic rings. The number of pyridine rings is 1. The van der Waals surface area contributed by atoms with Crippen molar-refractivity contribution in [2.24, 2.45) is 5.92 Å². The van der Waals surface area contributed by atoms with E-state index in [2.05, 4.69) is 62.6 Å². The lowest BCUT2D eigenvalue weighted by Gasteiger charge is -2.33. The van der Waals surface area contributed by atoms with Gasteiger partial charge in [-0.25, -0.2) is 4.98 Å². The summed E-state index contributed by atoms with van der Waals surface area (Å²) in [7, 11) is 2.03. The van der Waals surface area contributed by atoms with Crippen LogP contribution in [0.1, 0.15) is 18.4 Å². The van der Waals surface area contributed by atoms with Gasteiger partial charge in [0.1, 0.15) is 5.69 Å². The Morgan fingerprint density at radius 2 is 2.03 bits per heavy atom. The second kappa shape index (κ2) is 7.91. The number of benzene rings is 1. The lowest BCUT2D eigenvalue weighted by Crippen LogP contribution is -2.33. The fourth-order valence-corrected chi connectivity index (χ4v) is 4.05. The van der Waals surface area contributed by atoms with Crippen molar-refractivity contribution in [1.82, 2.24) is 15.0 Å². The van der Waals surface area contributed by atoms with Crippen molar-refractivity contribution in [2.75, 3.05) is 41.9 Å². The smallest absolute Gasteiger partial charge is 0.229 e. The fraction of sp³-hybridized carbons (Fsp3) is 0.348. The molecule has 0 atom stereocenters. The Balaban J connectivity index is 1.44. The van der Waals surface area contributed by atoms with E-state index >= 15 is 0 Å². The number of nitrogens with one attached hydrogen (secondary N) is 1. The minimum atomic E-state index is 0.598. The van der Waals surface area contributed by atoms with Crippen molar-refractivity contribution < 1.29 is 4.74 Å². The highest BCUT2D eigenvalue weighted by Gasteiger charge is 2.23. The maximum Gasteiger partial charge on any atom is 0.229 e. The molecule has 4 heterocycles. The van der Waals surface area contributed by atoms with Crippen LogP contribution in [0.3, 0.4) is 0 Å². The van der Waals surface area contributed by atoms with Crippen LogP contribution in [-0.4, -0.2) is 41.8 Å². The number of hydrogen-bond donors (Lipinski definition) is 1. The normalized spacial score (nSPS) is 16.7. The van der Waals surface area contributed by atoms with Gasteiger partial charge in [0.05, 0.1) is 11.7 Å². The van der Waals surface area contributed by atoms with Crippen LogP contribution in [0, 0.1) is 12.8 Å². The number of nitrogens with zero attached hydrogens (tertiary/aromatic N) is 5. The summed E-state index contributed by atoms with van der Waals surface area (Å²) in [5.74, 6) is 2.14. The molecule has 1 aromatic carbocycles. The Morgan fingerprint density at radius 1 is 1.17 bits per heavy atom. The SMILES string of the molecule is Cc1cc2ncccc2cc1Nc1ncc2c(n1)N(CC1CCOCC1)C=CN2C. The number of anilines is 4. The van der Waals surface area contributed by atoms with Gasteiger partial charge in [0.25, 0.3) is 0 Å². The van der Waals surface area contributed by atoms with Crippen LogP contribution in [-0.2, 0) is 4.74 Å². The molecule has 1 fully saturated rings. The van der Waals surface area contributed by atoms with Gasteiger partial charge in [-0.2, -0.15) is 4.98 Å². The number of aromatic nitrogens is 3. The monoisotopic (exact) mass is 402 g/mol. The largest absolute Gasteiger partial charge is 0.381 e. The first-order valence-corrected chi connectivity index (χ1v) is 10.4. The fourth-order valence-electron chi connectivity index (χ4n) is 4.05. The highest BCUT2D eigenvalue weighted by Crippen LogP contribution is 2.33. The highest BCUT2D eigenvalue weighted by molar-refractivity contribution is 5.85. The quantitative estimate of drug-likeness (QED) is 0.700. The standard InChI is InChI=1S/C23H26N6O/c1-16-12-20-18(4-3-7-24-20)13-19(16)26-23-25-14-21-22(27-23)29(9-8-28(21)2)15-17-5-10-30-11-6-17/h3-4,7-9,12-14,17H,5-6,10-11,15H2,1-2H3,(H,25,26,27). The van der Waals surface area contributed by atoms with Gasteiger partial charge in [0.2, 0.25) is 5.95 Å². The Bertz CT molecular complexity index is 1090. The lowest BCUT2D eigenvalue weighted by atomic mass is 9.99. The van der Waals surface area contributed by atoms with Gasteiger partial charge in [-0.15, -0.1) is 0 Å². The molecule has 7 heteroatoms. The van der Waals surface area contributed by atoms with Crippen molar-refractivity contribution in [1.29, 1.82) is 0 Å². The third-order valence-electron chi connectivity index (χ3n) is 5.86. The van der Waals surface area contributed by atoms with E-state index in [1.165, 1.54) is 0 Å². The average Bonchev–Trinajstić information content (AvgIpc) is 2.77. The van der Waals surface area contributed by atoms with E-state index in [0.29, 0.717) is 11.9 Å². The molecule has 2 aromatic heterocycles. The topological polar surface area (TPSA) is 66.4 Å². The summed E-state index contributed by atoms with van der Waals surface area (Å²) in [5, 5.41) is 4.50. The minimum absolute atomic E-state index is 0.598. The predicted molar refractivity (Wildman–Crippen MR) is 120 cm³/mol. The Kier molecular flexibility index (Phi) is 4.96. The molecule has 0 spiro atoms. The number of rotatable bonds is 4. The second-order valence-electron chi connectivity index (χ2n) is 8.01. The lowest BCUT2D eigenvalue weighted by molar-refractivity contribution is 0.0687. The van der Waals surface area contributed by atoms with Crippen LogP contribution >= 0.6 is 0 Å². The molecule has 0 aliphatic carbocycles. The van der Waals surface area contributed by atoms with E-state index in [-0.39, 0.29) is 0 Å². The summed E-state index contributed by atoms with van der Waals surface area (Å²) < 4.78 is 5.52.